The van der Waals surface area contributed by atoms with Crippen molar-refractivity contribution in [2.24, 2.45) is 0 Å². The first-order chi connectivity index (χ1) is 9.31. The van der Waals surface area contributed by atoms with Gasteiger partial charge in [0.1, 0.15) is 11.6 Å². The van der Waals surface area contributed by atoms with E-state index in [9.17, 15) is 9.59 Å². The number of hydrogen-bond donors (Lipinski definition) is 1. The van der Waals surface area contributed by atoms with E-state index in [0.717, 1.165) is 0 Å². The lowest BCUT2D eigenvalue weighted by atomic mass is 10.2. The molecule has 1 atom stereocenters. The Labute approximate surface area is 119 Å². The zero-order chi connectivity index (χ0) is 14.9. The first-order valence-corrected chi connectivity index (χ1v) is 6.93. The van der Waals surface area contributed by atoms with Gasteiger partial charge in [-0.05, 0) is 20.8 Å². The highest BCUT2D eigenvalue weighted by molar-refractivity contribution is 5.85. The number of β-amino-alcohol motifs (C(OH)–C–C–N with tert-alkyl or cyclic N) is 1. The van der Waals surface area contributed by atoms with E-state index in [1.807, 2.05) is 25.7 Å². The zero-order valence-corrected chi connectivity index (χ0v) is 12.3. The van der Waals surface area contributed by atoms with Crippen molar-refractivity contribution in [2.45, 2.75) is 32.4 Å². The average molecular weight is 285 g/mol. The van der Waals surface area contributed by atoms with Crippen LogP contribution in [0.2, 0.25) is 0 Å². The van der Waals surface area contributed by atoms with Crippen LogP contribution >= 0.6 is 0 Å². The molecule has 7 nitrogen and oxygen atoms in total. The predicted molar refractivity (Wildman–Crippen MR) is 72.0 cm³/mol. The van der Waals surface area contributed by atoms with Crippen molar-refractivity contribution in [3.63, 3.8) is 0 Å². The van der Waals surface area contributed by atoms with Crippen molar-refractivity contribution in [1.82, 2.24) is 14.7 Å². The Kier molecular flexibility index (Phi) is 4.19. The van der Waals surface area contributed by atoms with Gasteiger partial charge in [-0.2, -0.15) is 0 Å². The highest BCUT2D eigenvalue weighted by Crippen LogP contribution is 2.21. The Balaban J connectivity index is 1.96. The van der Waals surface area contributed by atoms with Crippen LogP contribution in [0.25, 0.3) is 0 Å². The van der Waals surface area contributed by atoms with Gasteiger partial charge in [0.15, 0.2) is 0 Å². The molecule has 7 heteroatoms. The van der Waals surface area contributed by atoms with Gasteiger partial charge in [0.25, 0.3) is 0 Å². The number of carbonyl (C=O) groups is 2. The summed E-state index contributed by atoms with van der Waals surface area (Å²) in [4.78, 5) is 29.5. The molecule has 0 aromatic carbocycles. The van der Waals surface area contributed by atoms with Gasteiger partial charge in [0.2, 0.25) is 5.91 Å². The number of nitrogens with zero attached hydrogens (tertiary/aromatic N) is 3. The van der Waals surface area contributed by atoms with Crippen molar-refractivity contribution >= 4 is 12.0 Å². The van der Waals surface area contributed by atoms with Crippen LogP contribution < -0.4 is 0 Å². The van der Waals surface area contributed by atoms with Crippen LogP contribution in [0.1, 0.15) is 20.8 Å². The lowest BCUT2D eigenvalue weighted by Gasteiger charge is -2.36. The fourth-order valence-corrected chi connectivity index (χ4v) is 2.52. The van der Waals surface area contributed by atoms with Crippen molar-refractivity contribution in [3.05, 3.63) is 0 Å². The fraction of sp³-hybridized carbons (Fsp3) is 0.846. The third-order valence-electron chi connectivity index (χ3n) is 3.46. The minimum atomic E-state index is -0.531. The van der Waals surface area contributed by atoms with Gasteiger partial charge in [-0.1, -0.05) is 0 Å². The Morgan fingerprint density at radius 2 is 2.10 bits per heavy atom. The Morgan fingerprint density at radius 3 is 2.70 bits per heavy atom. The quantitative estimate of drug-likeness (QED) is 0.754. The Bertz CT molecular complexity index is 394. The summed E-state index contributed by atoms with van der Waals surface area (Å²) >= 11 is 0. The van der Waals surface area contributed by atoms with E-state index in [0.29, 0.717) is 32.8 Å². The smallest absolute Gasteiger partial charge is 0.410 e. The summed E-state index contributed by atoms with van der Waals surface area (Å²) in [6.45, 7) is 7.88. The number of ether oxygens (including phenoxy) is 1. The Hall–Kier alpha value is -1.34. The van der Waals surface area contributed by atoms with Crippen molar-refractivity contribution in [3.8, 4) is 0 Å². The van der Waals surface area contributed by atoms with Crippen molar-refractivity contribution in [1.29, 1.82) is 0 Å². The molecule has 0 spiro atoms. The largest absolute Gasteiger partial charge is 0.444 e. The summed E-state index contributed by atoms with van der Waals surface area (Å²) < 4.78 is 5.34. The number of fused-ring (bicyclic) bond motifs is 1. The molecule has 0 aliphatic carbocycles. The van der Waals surface area contributed by atoms with E-state index in [1.165, 1.54) is 0 Å². The molecule has 2 saturated heterocycles. The predicted octanol–water partition coefficient (Wildman–Crippen LogP) is -0.300. The van der Waals surface area contributed by atoms with Gasteiger partial charge < -0.3 is 19.6 Å². The maximum atomic E-state index is 12.2. The van der Waals surface area contributed by atoms with E-state index in [2.05, 4.69) is 0 Å². The maximum Gasteiger partial charge on any atom is 0.410 e. The van der Waals surface area contributed by atoms with Crippen molar-refractivity contribution < 1.29 is 19.4 Å². The van der Waals surface area contributed by atoms with Crippen LogP contribution in [0.5, 0.6) is 0 Å². The molecular weight excluding hydrogens is 262 g/mol. The summed E-state index contributed by atoms with van der Waals surface area (Å²) in [7, 11) is 0. The van der Waals surface area contributed by atoms with Crippen molar-refractivity contribution in [2.75, 3.05) is 39.5 Å². The van der Waals surface area contributed by atoms with Crippen LogP contribution in [0.4, 0.5) is 4.79 Å². The molecule has 2 rings (SSSR count). The molecule has 1 unspecified atom stereocenters. The van der Waals surface area contributed by atoms with Crippen LogP contribution in [-0.4, -0.2) is 82.9 Å². The summed E-state index contributed by atoms with van der Waals surface area (Å²) in [6, 6.07) is -0.303. The topological polar surface area (TPSA) is 73.3 Å². The molecule has 1 N–H and O–H groups in total. The van der Waals surface area contributed by atoms with E-state index < -0.39 is 5.60 Å². The second-order valence-corrected chi connectivity index (χ2v) is 6.22. The fourth-order valence-electron chi connectivity index (χ4n) is 2.52. The number of carbonyl (C=O) groups excluding carboxylic acids is 2. The molecule has 114 valence electrons. The molecule has 2 aliphatic heterocycles. The molecule has 0 radical (unpaired) electrons. The number of hydrogen-bond acceptors (Lipinski definition) is 5. The summed E-state index contributed by atoms with van der Waals surface area (Å²) in [5.74, 6) is -0.0210. The SMILES string of the molecule is CC(C)(C)OC(=O)N1CCN2CN(CCO)C(=O)C2C1. The van der Waals surface area contributed by atoms with Gasteiger partial charge in [-0.3, -0.25) is 9.69 Å². The average Bonchev–Trinajstić information content (AvgIpc) is 2.65. The molecule has 0 saturated carbocycles. The molecule has 2 amide bonds. The third-order valence-corrected chi connectivity index (χ3v) is 3.46. The van der Waals surface area contributed by atoms with Gasteiger partial charge >= 0.3 is 6.09 Å². The first kappa shape index (κ1) is 15.1. The normalized spacial score (nSPS) is 24.0. The number of aliphatic hydroxyl groups excluding tert-OH is 1. The standard InChI is InChI=1S/C13H23N3O4/c1-13(2,3)20-12(19)14-4-5-15-9-16(6-7-17)11(18)10(15)8-14/h10,17H,4-9H2,1-3H3. The van der Waals surface area contributed by atoms with Crippen LogP contribution in [0.3, 0.4) is 0 Å². The van der Waals surface area contributed by atoms with E-state index in [4.69, 9.17) is 9.84 Å². The molecule has 0 bridgehead atoms. The number of amides is 2. The first-order valence-electron chi connectivity index (χ1n) is 6.93. The molecule has 0 aromatic rings. The number of rotatable bonds is 2. The lowest BCUT2D eigenvalue weighted by Crippen LogP contribution is -2.54. The second-order valence-electron chi connectivity index (χ2n) is 6.22. The third kappa shape index (κ3) is 3.21. The van der Waals surface area contributed by atoms with Gasteiger partial charge in [-0.25, -0.2) is 4.79 Å². The van der Waals surface area contributed by atoms with Crippen LogP contribution in [0.15, 0.2) is 0 Å². The highest BCUT2D eigenvalue weighted by atomic mass is 16.6. The van der Waals surface area contributed by atoms with Crippen LogP contribution in [0, 0.1) is 0 Å². The maximum absolute atomic E-state index is 12.2. The van der Waals surface area contributed by atoms with Gasteiger partial charge in [0.05, 0.1) is 13.3 Å². The molecule has 2 heterocycles. The second kappa shape index (κ2) is 5.57. The van der Waals surface area contributed by atoms with E-state index in [-0.39, 0.29) is 24.6 Å². The molecular formula is C13H23N3O4. The lowest BCUT2D eigenvalue weighted by molar-refractivity contribution is -0.130. The molecule has 2 aliphatic rings. The van der Waals surface area contributed by atoms with Gasteiger partial charge in [0, 0.05) is 26.2 Å². The van der Waals surface area contributed by atoms with Gasteiger partial charge in [-0.15, -0.1) is 0 Å². The minimum absolute atomic E-state index is 0.0210. The molecule has 20 heavy (non-hydrogen) atoms. The zero-order valence-electron chi connectivity index (χ0n) is 12.3. The number of piperazine rings is 1. The van der Waals surface area contributed by atoms with E-state index in [1.54, 1.807) is 9.80 Å². The summed E-state index contributed by atoms with van der Waals surface area (Å²) in [5.41, 5.74) is -0.531. The highest BCUT2D eigenvalue weighted by Gasteiger charge is 2.43. The summed E-state index contributed by atoms with van der Waals surface area (Å²) in [5, 5.41) is 8.95. The minimum Gasteiger partial charge on any atom is -0.444 e. The molecule has 0 aromatic heterocycles. The number of aliphatic hydroxyl groups is 1. The van der Waals surface area contributed by atoms with Crippen LogP contribution in [-0.2, 0) is 9.53 Å². The Morgan fingerprint density at radius 1 is 1.40 bits per heavy atom. The monoisotopic (exact) mass is 285 g/mol. The summed E-state index contributed by atoms with van der Waals surface area (Å²) in [6.07, 6.45) is -0.370. The van der Waals surface area contributed by atoms with E-state index >= 15 is 0 Å². The molecule has 2 fully saturated rings.